The van der Waals surface area contributed by atoms with Gasteiger partial charge in [0.15, 0.2) is 0 Å². The summed E-state index contributed by atoms with van der Waals surface area (Å²) < 4.78 is 38.3. The first kappa shape index (κ1) is 30.8. The molecule has 10 nitrogen and oxygen atoms in total. The summed E-state index contributed by atoms with van der Waals surface area (Å²) in [6.07, 6.45) is 0. The second-order valence-electron chi connectivity index (χ2n) is 8.52. The Kier molecular flexibility index (Phi) is 15.3. The van der Waals surface area contributed by atoms with E-state index in [0.717, 1.165) is 5.56 Å². The molecule has 1 aliphatic heterocycles. The zero-order chi connectivity index (χ0) is 27.4. The highest BCUT2D eigenvalue weighted by Crippen LogP contribution is 2.21. The third-order valence-corrected chi connectivity index (χ3v) is 5.68. The van der Waals surface area contributed by atoms with Crippen molar-refractivity contribution < 1.29 is 42.7 Å². The van der Waals surface area contributed by atoms with E-state index in [1.165, 1.54) is 4.90 Å². The summed E-state index contributed by atoms with van der Waals surface area (Å²) in [7, 11) is 0. The lowest BCUT2D eigenvalue weighted by molar-refractivity contribution is -0.0214. The molecule has 2 amide bonds. The Morgan fingerprint density at radius 2 is 0.795 bits per heavy atom. The van der Waals surface area contributed by atoms with Gasteiger partial charge in [-0.2, -0.15) is 0 Å². The van der Waals surface area contributed by atoms with Gasteiger partial charge in [-0.3, -0.25) is 14.5 Å². The number of ether oxygens (including phenoxy) is 7. The van der Waals surface area contributed by atoms with Gasteiger partial charge in [-0.1, -0.05) is 42.5 Å². The van der Waals surface area contributed by atoms with Gasteiger partial charge >= 0.3 is 0 Å². The molecule has 2 aromatic rings. The number of carbonyl (C=O) groups excluding carboxylic acids is 2. The molecule has 0 N–H and O–H groups in total. The standard InChI is InChI=1S/C29H39NO9/c31-28-26-8-4-5-9-27(26)29(32)30(28)10-11-33-12-13-34-14-15-35-16-17-36-18-19-37-20-21-38-22-23-39-24-25-6-2-1-3-7-25/h1-9H,10-24H2. The molecule has 0 bridgehead atoms. The lowest BCUT2D eigenvalue weighted by Crippen LogP contribution is -2.33. The molecule has 1 aliphatic rings. The Morgan fingerprint density at radius 3 is 1.23 bits per heavy atom. The third-order valence-electron chi connectivity index (χ3n) is 5.68. The van der Waals surface area contributed by atoms with E-state index in [0.29, 0.717) is 97.0 Å². The van der Waals surface area contributed by atoms with Crippen LogP contribution in [0.1, 0.15) is 26.3 Å². The van der Waals surface area contributed by atoms with E-state index in [2.05, 4.69) is 0 Å². The Hall–Kier alpha value is -2.70. The van der Waals surface area contributed by atoms with Crippen LogP contribution in [-0.4, -0.2) is 109 Å². The van der Waals surface area contributed by atoms with Crippen molar-refractivity contribution >= 4 is 11.8 Å². The fourth-order valence-corrected chi connectivity index (χ4v) is 3.68. The molecule has 2 aromatic carbocycles. The van der Waals surface area contributed by atoms with Crippen molar-refractivity contribution in [1.82, 2.24) is 4.90 Å². The van der Waals surface area contributed by atoms with E-state index >= 15 is 0 Å². The van der Waals surface area contributed by atoms with E-state index in [1.54, 1.807) is 24.3 Å². The first-order chi connectivity index (χ1) is 19.3. The van der Waals surface area contributed by atoms with Crippen molar-refractivity contribution in [2.75, 3.05) is 92.4 Å². The summed E-state index contributed by atoms with van der Waals surface area (Å²) in [6.45, 7) is 6.87. The van der Waals surface area contributed by atoms with Crippen molar-refractivity contribution in [2.45, 2.75) is 6.61 Å². The van der Waals surface area contributed by atoms with E-state index < -0.39 is 0 Å². The van der Waals surface area contributed by atoms with E-state index in [4.69, 9.17) is 33.2 Å². The van der Waals surface area contributed by atoms with Crippen molar-refractivity contribution in [1.29, 1.82) is 0 Å². The lowest BCUT2D eigenvalue weighted by atomic mass is 10.1. The molecular weight excluding hydrogens is 506 g/mol. The number of nitrogens with zero attached hydrogens (tertiary/aromatic N) is 1. The SMILES string of the molecule is O=C1c2ccccc2C(=O)N1CCOCCOCCOCCOCCOCCOCCOCc1ccccc1. The van der Waals surface area contributed by atoms with Gasteiger partial charge in [-0.25, -0.2) is 0 Å². The third kappa shape index (κ3) is 11.9. The molecule has 0 spiro atoms. The highest BCUT2D eigenvalue weighted by molar-refractivity contribution is 6.21. The predicted octanol–water partition coefficient (Wildman–Crippen LogP) is 2.60. The van der Waals surface area contributed by atoms with Crippen LogP contribution in [0.2, 0.25) is 0 Å². The summed E-state index contributed by atoms with van der Waals surface area (Å²) in [5.41, 5.74) is 2.05. The molecule has 0 unspecified atom stereocenters. The van der Waals surface area contributed by atoms with E-state index in [-0.39, 0.29) is 25.0 Å². The zero-order valence-electron chi connectivity index (χ0n) is 22.4. The second-order valence-corrected chi connectivity index (χ2v) is 8.52. The highest BCUT2D eigenvalue weighted by atomic mass is 16.6. The maximum absolute atomic E-state index is 12.3. The van der Waals surface area contributed by atoms with E-state index in [1.807, 2.05) is 30.3 Å². The quantitative estimate of drug-likeness (QED) is 0.154. The smallest absolute Gasteiger partial charge is 0.261 e. The molecule has 0 saturated heterocycles. The molecule has 1 heterocycles. The number of hydrogen-bond donors (Lipinski definition) is 0. The topological polar surface area (TPSA) is 102 Å². The average Bonchev–Trinajstić information content (AvgIpc) is 3.21. The predicted molar refractivity (Wildman–Crippen MR) is 143 cm³/mol. The minimum absolute atomic E-state index is 0.222. The molecular formula is C29H39NO9. The maximum Gasteiger partial charge on any atom is 0.261 e. The maximum atomic E-state index is 12.3. The number of hydrogen-bond acceptors (Lipinski definition) is 9. The largest absolute Gasteiger partial charge is 0.377 e. The van der Waals surface area contributed by atoms with Crippen LogP contribution in [0.4, 0.5) is 0 Å². The van der Waals surface area contributed by atoms with Gasteiger partial charge in [0.1, 0.15) is 0 Å². The number of carbonyl (C=O) groups is 2. The fourth-order valence-electron chi connectivity index (χ4n) is 3.68. The van der Waals surface area contributed by atoms with Crippen LogP contribution >= 0.6 is 0 Å². The van der Waals surface area contributed by atoms with Gasteiger partial charge in [0, 0.05) is 0 Å². The fraction of sp³-hybridized carbons (Fsp3) is 0.517. The Labute approximate surface area is 230 Å². The number of imide groups is 1. The van der Waals surface area contributed by atoms with Gasteiger partial charge < -0.3 is 33.2 Å². The second kappa shape index (κ2) is 19.4. The van der Waals surface area contributed by atoms with Crippen LogP contribution in [0.5, 0.6) is 0 Å². The van der Waals surface area contributed by atoms with Gasteiger partial charge in [0.05, 0.1) is 110 Å². The Morgan fingerprint density at radius 1 is 0.436 bits per heavy atom. The Balaban J connectivity index is 0.991. The summed E-state index contributed by atoms with van der Waals surface area (Å²) >= 11 is 0. The highest BCUT2D eigenvalue weighted by Gasteiger charge is 2.34. The van der Waals surface area contributed by atoms with Gasteiger partial charge in [0.2, 0.25) is 0 Å². The number of benzene rings is 2. The summed E-state index contributed by atoms with van der Waals surface area (Å²) in [4.78, 5) is 25.8. The van der Waals surface area contributed by atoms with Crippen LogP contribution in [0.3, 0.4) is 0 Å². The average molecular weight is 546 g/mol. The molecule has 214 valence electrons. The first-order valence-corrected chi connectivity index (χ1v) is 13.3. The van der Waals surface area contributed by atoms with Crippen LogP contribution in [0.15, 0.2) is 54.6 Å². The van der Waals surface area contributed by atoms with Gasteiger partial charge in [-0.05, 0) is 17.7 Å². The van der Waals surface area contributed by atoms with Crippen molar-refractivity contribution in [3.63, 3.8) is 0 Å². The monoisotopic (exact) mass is 545 g/mol. The summed E-state index contributed by atoms with van der Waals surface area (Å²) in [5.74, 6) is -0.545. The number of fused-ring (bicyclic) bond motifs is 1. The Bertz CT molecular complexity index is 922. The molecule has 3 rings (SSSR count). The summed E-state index contributed by atoms with van der Waals surface area (Å²) in [5, 5.41) is 0. The minimum atomic E-state index is -0.272. The molecule has 10 heteroatoms. The number of amides is 2. The van der Waals surface area contributed by atoms with Crippen LogP contribution in [0.25, 0.3) is 0 Å². The summed E-state index contributed by atoms with van der Waals surface area (Å²) in [6, 6.07) is 16.9. The molecule has 0 aromatic heterocycles. The van der Waals surface area contributed by atoms with Crippen molar-refractivity contribution in [3.8, 4) is 0 Å². The van der Waals surface area contributed by atoms with E-state index in [9.17, 15) is 9.59 Å². The normalized spacial score (nSPS) is 12.9. The molecule has 0 radical (unpaired) electrons. The van der Waals surface area contributed by atoms with Crippen molar-refractivity contribution in [3.05, 3.63) is 71.3 Å². The molecule has 0 atom stereocenters. The van der Waals surface area contributed by atoms with Gasteiger partial charge in [0.25, 0.3) is 11.8 Å². The minimum Gasteiger partial charge on any atom is -0.377 e. The van der Waals surface area contributed by atoms with Gasteiger partial charge in [-0.15, -0.1) is 0 Å². The molecule has 0 aliphatic carbocycles. The first-order valence-electron chi connectivity index (χ1n) is 13.3. The van der Waals surface area contributed by atoms with Crippen LogP contribution in [-0.2, 0) is 39.8 Å². The molecule has 39 heavy (non-hydrogen) atoms. The van der Waals surface area contributed by atoms with Crippen molar-refractivity contribution in [2.24, 2.45) is 0 Å². The lowest BCUT2D eigenvalue weighted by Gasteiger charge is -2.13. The molecule has 0 saturated carbocycles. The molecule has 0 fully saturated rings. The van der Waals surface area contributed by atoms with Crippen LogP contribution < -0.4 is 0 Å². The number of rotatable bonds is 23. The zero-order valence-corrected chi connectivity index (χ0v) is 22.4. The van der Waals surface area contributed by atoms with Crippen LogP contribution in [0, 0.1) is 0 Å².